The monoisotopic (exact) mass is 484 g/mol. The summed E-state index contributed by atoms with van der Waals surface area (Å²) in [5.41, 5.74) is 0.532. The third kappa shape index (κ3) is 5.96. The highest BCUT2D eigenvalue weighted by molar-refractivity contribution is 9.11. The van der Waals surface area contributed by atoms with Gasteiger partial charge in [-0.25, -0.2) is 9.59 Å². The molecule has 0 radical (unpaired) electrons. The predicted molar refractivity (Wildman–Crippen MR) is 92.6 cm³/mol. The first-order valence-corrected chi connectivity index (χ1v) is 8.53. The van der Waals surface area contributed by atoms with Gasteiger partial charge in [0.05, 0.1) is 5.69 Å². The number of nitrogens with one attached hydrogen (secondary N) is 2. The SMILES string of the molecule is CC(C)C[C@@H](NC(=O)Nc1c(Br)cc(Br)cc1Br)C(=O)O. The van der Waals surface area contributed by atoms with Gasteiger partial charge in [-0.15, -0.1) is 0 Å². The van der Waals surface area contributed by atoms with Gasteiger partial charge >= 0.3 is 12.0 Å². The maximum atomic E-state index is 12.0. The minimum atomic E-state index is -1.05. The van der Waals surface area contributed by atoms with Crippen LogP contribution in [-0.4, -0.2) is 23.1 Å². The fourth-order valence-corrected chi connectivity index (χ4v) is 4.12. The Labute approximate surface area is 148 Å². The van der Waals surface area contributed by atoms with Gasteiger partial charge < -0.3 is 15.7 Å². The third-order valence-electron chi connectivity index (χ3n) is 2.56. The van der Waals surface area contributed by atoms with E-state index >= 15 is 0 Å². The van der Waals surface area contributed by atoms with Gasteiger partial charge in [-0.3, -0.25) is 0 Å². The van der Waals surface area contributed by atoms with Crippen molar-refractivity contribution in [3.8, 4) is 0 Å². The number of carbonyl (C=O) groups excluding carboxylic acids is 1. The van der Waals surface area contributed by atoms with E-state index in [0.29, 0.717) is 21.1 Å². The average molecular weight is 487 g/mol. The molecule has 3 N–H and O–H groups in total. The van der Waals surface area contributed by atoms with Crippen molar-refractivity contribution in [2.45, 2.75) is 26.3 Å². The molecule has 21 heavy (non-hydrogen) atoms. The summed E-state index contributed by atoms with van der Waals surface area (Å²) in [5.74, 6) is -0.884. The van der Waals surface area contributed by atoms with Crippen molar-refractivity contribution >= 4 is 65.5 Å². The van der Waals surface area contributed by atoms with Crippen LogP contribution in [0.5, 0.6) is 0 Å². The van der Waals surface area contributed by atoms with E-state index in [4.69, 9.17) is 5.11 Å². The van der Waals surface area contributed by atoms with Crippen LogP contribution in [0.15, 0.2) is 25.6 Å². The number of halogens is 3. The third-order valence-corrected chi connectivity index (χ3v) is 4.26. The van der Waals surface area contributed by atoms with Crippen LogP contribution in [0.1, 0.15) is 20.3 Å². The van der Waals surface area contributed by atoms with Gasteiger partial charge in [-0.05, 0) is 56.3 Å². The second-order valence-corrected chi connectivity index (χ2v) is 7.49. The number of carboxylic acids is 1. The van der Waals surface area contributed by atoms with E-state index < -0.39 is 18.0 Å². The molecule has 0 fully saturated rings. The van der Waals surface area contributed by atoms with Gasteiger partial charge in [0.2, 0.25) is 0 Å². The minimum Gasteiger partial charge on any atom is -0.480 e. The summed E-state index contributed by atoms with van der Waals surface area (Å²) in [6.45, 7) is 3.80. The lowest BCUT2D eigenvalue weighted by molar-refractivity contribution is -0.139. The smallest absolute Gasteiger partial charge is 0.326 e. The lowest BCUT2D eigenvalue weighted by Crippen LogP contribution is -2.43. The van der Waals surface area contributed by atoms with Gasteiger partial charge in [0.15, 0.2) is 0 Å². The van der Waals surface area contributed by atoms with E-state index in [-0.39, 0.29) is 5.92 Å². The van der Waals surface area contributed by atoms with Gasteiger partial charge in [-0.1, -0.05) is 29.8 Å². The summed E-state index contributed by atoms with van der Waals surface area (Å²) in [5, 5.41) is 14.2. The molecule has 1 atom stereocenters. The molecular weight excluding hydrogens is 472 g/mol. The summed E-state index contributed by atoms with van der Waals surface area (Å²) in [6.07, 6.45) is 0.366. The molecule has 0 aliphatic carbocycles. The number of amides is 2. The van der Waals surface area contributed by atoms with Gasteiger partial charge in [-0.2, -0.15) is 0 Å². The van der Waals surface area contributed by atoms with Crippen LogP contribution in [0.3, 0.4) is 0 Å². The summed E-state index contributed by atoms with van der Waals surface area (Å²) >= 11 is 10.0. The lowest BCUT2D eigenvalue weighted by atomic mass is 10.0. The molecule has 0 aliphatic heterocycles. The van der Waals surface area contributed by atoms with Crippen LogP contribution in [0.2, 0.25) is 0 Å². The van der Waals surface area contributed by atoms with Crippen molar-refractivity contribution in [2.24, 2.45) is 5.92 Å². The normalized spacial score (nSPS) is 12.1. The molecule has 2 amide bonds. The Kier molecular flexibility index (Phi) is 7.15. The van der Waals surface area contributed by atoms with E-state index in [9.17, 15) is 9.59 Å². The number of urea groups is 1. The Hall–Kier alpha value is -0.600. The number of aliphatic carboxylic acids is 1. The Bertz CT molecular complexity index is 526. The number of carboxylic acid groups (broad SMARTS) is 1. The number of rotatable bonds is 5. The molecule has 0 saturated heterocycles. The molecule has 0 spiro atoms. The molecule has 1 aromatic rings. The Morgan fingerprint density at radius 3 is 2.14 bits per heavy atom. The van der Waals surface area contributed by atoms with Crippen molar-refractivity contribution in [2.75, 3.05) is 5.32 Å². The van der Waals surface area contributed by atoms with Crippen LogP contribution < -0.4 is 10.6 Å². The summed E-state index contributed by atoms with van der Waals surface area (Å²) in [4.78, 5) is 23.1. The van der Waals surface area contributed by atoms with Gasteiger partial charge in [0, 0.05) is 13.4 Å². The molecule has 8 heteroatoms. The van der Waals surface area contributed by atoms with Crippen molar-refractivity contribution in [1.29, 1.82) is 0 Å². The standard InChI is InChI=1S/C13H15Br3N2O3/c1-6(2)3-10(12(19)20)17-13(21)18-11-8(15)4-7(14)5-9(11)16/h4-6,10H,3H2,1-2H3,(H,19,20)(H2,17,18,21)/t10-/m1/s1. The highest BCUT2D eigenvalue weighted by Crippen LogP contribution is 2.34. The van der Waals surface area contributed by atoms with Crippen molar-refractivity contribution in [3.63, 3.8) is 0 Å². The summed E-state index contributed by atoms with van der Waals surface area (Å²) in [7, 11) is 0. The maximum Gasteiger partial charge on any atom is 0.326 e. The van der Waals surface area contributed by atoms with Crippen LogP contribution in [-0.2, 0) is 4.79 Å². The zero-order valence-electron chi connectivity index (χ0n) is 11.4. The molecule has 0 bridgehead atoms. The zero-order chi connectivity index (χ0) is 16.2. The average Bonchev–Trinajstić information content (AvgIpc) is 2.32. The van der Waals surface area contributed by atoms with Crippen molar-refractivity contribution < 1.29 is 14.7 Å². The van der Waals surface area contributed by atoms with Crippen LogP contribution in [0, 0.1) is 5.92 Å². The highest BCUT2D eigenvalue weighted by atomic mass is 79.9. The fraction of sp³-hybridized carbons (Fsp3) is 0.385. The minimum absolute atomic E-state index is 0.164. The van der Waals surface area contributed by atoms with E-state index in [2.05, 4.69) is 58.4 Å². The predicted octanol–water partition coefficient (Wildman–Crippen LogP) is 4.59. The number of hydrogen-bond donors (Lipinski definition) is 3. The molecule has 1 rings (SSSR count). The molecule has 1 aromatic carbocycles. The first-order valence-electron chi connectivity index (χ1n) is 6.15. The fourth-order valence-electron chi connectivity index (χ4n) is 1.66. The summed E-state index contributed by atoms with van der Waals surface area (Å²) in [6, 6.07) is 2.08. The number of hydrogen-bond acceptors (Lipinski definition) is 2. The highest BCUT2D eigenvalue weighted by Gasteiger charge is 2.21. The molecule has 0 saturated carbocycles. The quantitative estimate of drug-likeness (QED) is 0.569. The molecule has 0 aliphatic rings. The van der Waals surface area contributed by atoms with E-state index in [1.165, 1.54) is 0 Å². The maximum absolute atomic E-state index is 12.0. The van der Waals surface area contributed by atoms with Gasteiger partial charge in [0.25, 0.3) is 0 Å². The topological polar surface area (TPSA) is 78.4 Å². The first-order chi connectivity index (χ1) is 9.70. The second kappa shape index (κ2) is 8.14. The summed E-state index contributed by atoms with van der Waals surface area (Å²) < 4.78 is 2.19. The Morgan fingerprint density at radius 2 is 1.71 bits per heavy atom. The first kappa shape index (κ1) is 18.4. The molecule has 0 aromatic heterocycles. The lowest BCUT2D eigenvalue weighted by Gasteiger charge is -2.18. The Morgan fingerprint density at radius 1 is 1.19 bits per heavy atom. The van der Waals surface area contributed by atoms with Crippen LogP contribution in [0.25, 0.3) is 0 Å². The van der Waals surface area contributed by atoms with Gasteiger partial charge in [0.1, 0.15) is 6.04 Å². The molecule has 116 valence electrons. The van der Waals surface area contributed by atoms with Crippen molar-refractivity contribution in [1.82, 2.24) is 5.32 Å². The van der Waals surface area contributed by atoms with Crippen molar-refractivity contribution in [3.05, 3.63) is 25.6 Å². The van der Waals surface area contributed by atoms with E-state index in [0.717, 1.165) is 4.47 Å². The molecular formula is C13H15Br3N2O3. The second-order valence-electron chi connectivity index (χ2n) is 4.86. The number of benzene rings is 1. The van der Waals surface area contributed by atoms with E-state index in [1.807, 2.05) is 13.8 Å². The van der Waals surface area contributed by atoms with Crippen LogP contribution >= 0.6 is 47.8 Å². The number of anilines is 1. The molecule has 0 heterocycles. The molecule has 0 unspecified atom stereocenters. The largest absolute Gasteiger partial charge is 0.480 e. The molecule has 5 nitrogen and oxygen atoms in total. The Balaban J connectivity index is 2.79. The van der Waals surface area contributed by atoms with E-state index in [1.54, 1.807) is 12.1 Å². The number of carbonyl (C=O) groups is 2. The zero-order valence-corrected chi connectivity index (χ0v) is 16.2. The van der Waals surface area contributed by atoms with Crippen LogP contribution in [0.4, 0.5) is 10.5 Å².